The van der Waals surface area contributed by atoms with Gasteiger partial charge in [0.2, 0.25) is 0 Å². The van der Waals surface area contributed by atoms with Crippen LogP contribution in [-0.2, 0) is 0 Å². The fourth-order valence-corrected chi connectivity index (χ4v) is 1.23. The lowest BCUT2D eigenvalue weighted by Gasteiger charge is -2.11. The van der Waals surface area contributed by atoms with Crippen molar-refractivity contribution in [3.63, 3.8) is 0 Å². The smallest absolute Gasteiger partial charge is 0.266 e. The van der Waals surface area contributed by atoms with Gasteiger partial charge < -0.3 is 16.0 Å². The Labute approximate surface area is 89.3 Å². The molecule has 0 spiro atoms. The summed E-state index contributed by atoms with van der Waals surface area (Å²) in [7, 11) is 0. The molecule has 5 nitrogen and oxygen atoms in total. The van der Waals surface area contributed by atoms with Crippen molar-refractivity contribution in [2.24, 2.45) is 5.73 Å². The van der Waals surface area contributed by atoms with E-state index in [4.69, 9.17) is 5.73 Å². The molecule has 0 radical (unpaired) electrons. The summed E-state index contributed by atoms with van der Waals surface area (Å²) >= 11 is 1.95. The van der Waals surface area contributed by atoms with Crippen LogP contribution in [-0.4, -0.2) is 22.6 Å². The summed E-state index contributed by atoms with van der Waals surface area (Å²) in [4.78, 5) is 17.6. The zero-order valence-electron chi connectivity index (χ0n) is 7.17. The van der Waals surface area contributed by atoms with Crippen molar-refractivity contribution in [3.8, 4) is 0 Å². The van der Waals surface area contributed by atoms with Crippen LogP contribution in [0.4, 0.5) is 5.82 Å². The molecule has 72 valence electrons. The Morgan fingerprint density at radius 1 is 1.85 bits per heavy atom. The first kappa shape index (κ1) is 10.5. The van der Waals surface area contributed by atoms with Crippen molar-refractivity contribution < 1.29 is 0 Å². The van der Waals surface area contributed by atoms with Crippen molar-refractivity contribution in [2.45, 2.75) is 13.0 Å². The molecule has 1 aromatic heterocycles. The number of rotatable bonds is 3. The minimum absolute atomic E-state index is 0.114. The molecule has 0 saturated heterocycles. The van der Waals surface area contributed by atoms with Gasteiger partial charge in [-0.15, -0.1) is 0 Å². The lowest BCUT2D eigenvalue weighted by molar-refractivity contribution is 0.794. The Kier molecular flexibility index (Phi) is 3.67. The largest absolute Gasteiger partial charge is 0.365 e. The highest BCUT2D eigenvalue weighted by Gasteiger charge is 2.06. The van der Waals surface area contributed by atoms with E-state index >= 15 is 0 Å². The summed E-state index contributed by atoms with van der Waals surface area (Å²) in [6.07, 6.45) is 1.37. The molecule has 1 atom stereocenters. The van der Waals surface area contributed by atoms with Gasteiger partial charge in [-0.3, -0.25) is 4.79 Å². The van der Waals surface area contributed by atoms with Gasteiger partial charge >= 0.3 is 0 Å². The lowest BCUT2D eigenvalue weighted by Crippen LogP contribution is -2.27. The monoisotopic (exact) mass is 294 g/mol. The highest BCUT2D eigenvalue weighted by Crippen LogP contribution is 2.09. The van der Waals surface area contributed by atoms with Gasteiger partial charge in [0.1, 0.15) is 9.39 Å². The maximum absolute atomic E-state index is 11.1. The second-order valence-electron chi connectivity index (χ2n) is 2.68. The molecule has 6 heteroatoms. The average Bonchev–Trinajstić information content (AvgIpc) is 2.13. The van der Waals surface area contributed by atoms with Crippen LogP contribution >= 0.6 is 22.6 Å². The predicted molar refractivity (Wildman–Crippen MR) is 59.7 cm³/mol. The number of aromatic nitrogens is 2. The summed E-state index contributed by atoms with van der Waals surface area (Å²) in [5.74, 6) is 0.585. The van der Waals surface area contributed by atoms with E-state index in [-0.39, 0.29) is 11.6 Å². The lowest BCUT2D eigenvalue weighted by atomic mass is 10.3. The SMILES string of the molecule is CC(CN)Nc1nc[nH]c(=O)c1I. The number of halogens is 1. The summed E-state index contributed by atoms with van der Waals surface area (Å²) in [5, 5.41) is 3.04. The third kappa shape index (κ3) is 2.66. The van der Waals surface area contributed by atoms with E-state index in [0.717, 1.165) is 0 Å². The first-order valence-corrected chi connectivity index (χ1v) is 4.92. The Bertz CT molecular complexity index is 338. The van der Waals surface area contributed by atoms with Gasteiger partial charge in [0, 0.05) is 12.6 Å². The average molecular weight is 294 g/mol. The number of hydrogen-bond acceptors (Lipinski definition) is 4. The van der Waals surface area contributed by atoms with Gasteiger partial charge in [-0.25, -0.2) is 4.98 Å². The van der Waals surface area contributed by atoms with E-state index in [1.807, 2.05) is 29.5 Å². The minimum atomic E-state index is -0.137. The molecule has 0 aromatic carbocycles. The van der Waals surface area contributed by atoms with Crippen LogP contribution in [0.25, 0.3) is 0 Å². The second kappa shape index (κ2) is 4.56. The Hall–Kier alpha value is -0.630. The first-order chi connectivity index (χ1) is 6.15. The van der Waals surface area contributed by atoms with E-state index in [1.165, 1.54) is 6.33 Å². The van der Waals surface area contributed by atoms with Gasteiger partial charge in [-0.2, -0.15) is 0 Å². The van der Waals surface area contributed by atoms with E-state index in [0.29, 0.717) is 15.9 Å². The zero-order valence-corrected chi connectivity index (χ0v) is 9.33. The van der Waals surface area contributed by atoms with Crippen LogP contribution in [0.15, 0.2) is 11.1 Å². The van der Waals surface area contributed by atoms with Crippen LogP contribution in [0.5, 0.6) is 0 Å². The molecule has 0 fully saturated rings. The molecule has 13 heavy (non-hydrogen) atoms. The summed E-state index contributed by atoms with van der Waals surface area (Å²) < 4.78 is 0.556. The number of H-pyrrole nitrogens is 1. The fourth-order valence-electron chi connectivity index (χ4n) is 0.776. The molecule has 0 bridgehead atoms. The third-order valence-corrected chi connectivity index (χ3v) is 2.53. The van der Waals surface area contributed by atoms with E-state index in [1.54, 1.807) is 0 Å². The summed E-state index contributed by atoms with van der Waals surface area (Å²) in [6.45, 7) is 2.43. The van der Waals surface area contributed by atoms with Crippen LogP contribution in [0.2, 0.25) is 0 Å². The quantitative estimate of drug-likeness (QED) is 0.692. The summed E-state index contributed by atoms with van der Waals surface area (Å²) in [6, 6.07) is 0.114. The Morgan fingerprint density at radius 3 is 3.15 bits per heavy atom. The van der Waals surface area contributed by atoms with E-state index in [9.17, 15) is 4.79 Å². The predicted octanol–water partition coefficient (Wildman–Crippen LogP) is 0.134. The molecule has 0 aliphatic heterocycles. The molecule has 1 unspecified atom stereocenters. The Balaban J connectivity index is 2.89. The highest BCUT2D eigenvalue weighted by atomic mass is 127. The van der Waals surface area contributed by atoms with Crippen LogP contribution in [0.1, 0.15) is 6.92 Å². The van der Waals surface area contributed by atoms with Gasteiger partial charge in [0.15, 0.2) is 0 Å². The van der Waals surface area contributed by atoms with E-state index < -0.39 is 0 Å². The molecular weight excluding hydrogens is 283 g/mol. The molecule has 1 aromatic rings. The third-order valence-electron chi connectivity index (χ3n) is 1.53. The minimum Gasteiger partial charge on any atom is -0.365 e. The zero-order chi connectivity index (χ0) is 9.84. The summed E-state index contributed by atoms with van der Waals surface area (Å²) in [5.41, 5.74) is 5.29. The molecule has 1 heterocycles. The van der Waals surface area contributed by atoms with Crippen molar-refractivity contribution >= 4 is 28.4 Å². The molecule has 0 amide bonds. The van der Waals surface area contributed by atoms with Gasteiger partial charge in [-0.05, 0) is 29.5 Å². The van der Waals surface area contributed by atoms with Crippen molar-refractivity contribution in [1.82, 2.24) is 9.97 Å². The molecule has 0 aliphatic carbocycles. The van der Waals surface area contributed by atoms with Crippen LogP contribution in [0, 0.1) is 3.57 Å². The molecule has 0 saturated carbocycles. The maximum atomic E-state index is 11.1. The highest BCUT2D eigenvalue weighted by molar-refractivity contribution is 14.1. The number of nitrogens with two attached hydrogens (primary N) is 1. The van der Waals surface area contributed by atoms with Crippen molar-refractivity contribution in [1.29, 1.82) is 0 Å². The number of hydrogen-bond donors (Lipinski definition) is 3. The second-order valence-corrected chi connectivity index (χ2v) is 3.75. The normalized spacial score (nSPS) is 12.5. The standard InChI is InChI=1S/C7H11IN4O/c1-4(2-9)12-6-5(8)7(13)11-3-10-6/h3-4H,2,9H2,1H3,(H2,10,11,12,13). The first-order valence-electron chi connectivity index (χ1n) is 3.85. The number of aromatic amines is 1. The topological polar surface area (TPSA) is 83.8 Å². The molecule has 0 aliphatic rings. The molecular formula is C7H11IN4O. The van der Waals surface area contributed by atoms with Crippen molar-refractivity contribution in [2.75, 3.05) is 11.9 Å². The number of anilines is 1. The van der Waals surface area contributed by atoms with Gasteiger partial charge in [0.25, 0.3) is 5.56 Å². The van der Waals surface area contributed by atoms with Crippen LogP contribution in [0.3, 0.4) is 0 Å². The van der Waals surface area contributed by atoms with E-state index in [2.05, 4.69) is 15.3 Å². The Morgan fingerprint density at radius 2 is 2.54 bits per heavy atom. The van der Waals surface area contributed by atoms with Gasteiger partial charge in [-0.1, -0.05) is 0 Å². The van der Waals surface area contributed by atoms with Crippen molar-refractivity contribution in [3.05, 3.63) is 20.3 Å². The van der Waals surface area contributed by atoms with Gasteiger partial charge in [0.05, 0.1) is 6.33 Å². The molecule has 1 rings (SSSR count). The number of nitrogens with one attached hydrogen (secondary N) is 2. The maximum Gasteiger partial charge on any atom is 0.266 e. The molecule has 4 N–H and O–H groups in total. The fraction of sp³-hybridized carbons (Fsp3) is 0.429. The van der Waals surface area contributed by atoms with Crippen LogP contribution < -0.4 is 16.6 Å². The number of nitrogens with zero attached hydrogens (tertiary/aromatic N) is 1.